The van der Waals surface area contributed by atoms with E-state index >= 15 is 0 Å². The third-order valence-electron chi connectivity index (χ3n) is 4.02. The second-order valence-electron chi connectivity index (χ2n) is 5.41. The molecule has 1 fully saturated rings. The summed E-state index contributed by atoms with van der Waals surface area (Å²) in [4.78, 5) is 11.9. The molecule has 1 N–H and O–H groups in total. The SMILES string of the molecule is O=C(NCC1CCCCC1CCl)c1c(F)cc(F)cc1F. The molecule has 1 saturated carbocycles. The molecule has 116 valence electrons. The average molecular weight is 320 g/mol. The molecule has 0 heterocycles. The van der Waals surface area contributed by atoms with Gasteiger partial charge in [-0.1, -0.05) is 12.8 Å². The van der Waals surface area contributed by atoms with E-state index in [1.54, 1.807) is 0 Å². The van der Waals surface area contributed by atoms with E-state index in [0.717, 1.165) is 25.7 Å². The number of halogens is 4. The van der Waals surface area contributed by atoms with Crippen molar-refractivity contribution in [2.45, 2.75) is 25.7 Å². The summed E-state index contributed by atoms with van der Waals surface area (Å²) in [6.45, 7) is 0.326. The highest BCUT2D eigenvalue weighted by Gasteiger charge is 2.26. The molecule has 0 aliphatic heterocycles. The summed E-state index contributed by atoms with van der Waals surface area (Å²) < 4.78 is 39.8. The van der Waals surface area contributed by atoms with Crippen molar-refractivity contribution in [2.24, 2.45) is 11.8 Å². The lowest BCUT2D eigenvalue weighted by Gasteiger charge is -2.30. The topological polar surface area (TPSA) is 29.1 Å². The van der Waals surface area contributed by atoms with Crippen LogP contribution in [0.3, 0.4) is 0 Å². The Balaban J connectivity index is 2.02. The lowest BCUT2D eigenvalue weighted by atomic mass is 9.80. The minimum absolute atomic E-state index is 0.215. The van der Waals surface area contributed by atoms with Gasteiger partial charge in [0.15, 0.2) is 0 Å². The van der Waals surface area contributed by atoms with Crippen molar-refractivity contribution in [2.75, 3.05) is 12.4 Å². The Labute approximate surface area is 126 Å². The highest BCUT2D eigenvalue weighted by Crippen LogP contribution is 2.30. The van der Waals surface area contributed by atoms with Crippen LogP contribution in [0.5, 0.6) is 0 Å². The molecular formula is C15H17ClF3NO. The van der Waals surface area contributed by atoms with E-state index in [0.29, 0.717) is 30.5 Å². The average Bonchev–Trinajstić information content (AvgIpc) is 2.44. The van der Waals surface area contributed by atoms with Crippen LogP contribution in [0.1, 0.15) is 36.0 Å². The highest BCUT2D eigenvalue weighted by molar-refractivity contribution is 6.18. The fraction of sp³-hybridized carbons (Fsp3) is 0.533. The number of nitrogens with one attached hydrogen (secondary N) is 1. The van der Waals surface area contributed by atoms with Crippen LogP contribution in [0.15, 0.2) is 12.1 Å². The lowest BCUT2D eigenvalue weighted by Crippen LogP contribution is -2.35. The van der Waals surface area contributed by atoms with Crippen LogP contribution < -0.4 is 5.32 Å². The number of amides is 1. The van der Waals surface area contributed by atoms with Gasteiger partial charge in [0.05, 0.1) is 0 Å². The van der Waals surface area contributed by atoms with Crippen molar-refractivity contribution in [3.63, 3.8) is 0 Å². The predicted molar refractivity (Wildman–Crippen MR) is 74.8 cm³/mol. The largest absolute Gasteiger partial charge is 0.352 e. The van der Waals surface area contributed by atoms with Gasteiger partial charge >= 0.3 is 0 Å². The minimum Gasteiger partial charge on any atom is -0.352 e. The van der Waals surface area contributed by atoms with E-state index in [1.165, 1.54) is 0 Å². The van der Waals surface area contributed by atoms with Gasteiger partial charge in [-0.2, -0.15) is 0 Å². The summed E-state index contributed by atoms with van der Waals surface area (Å²) in [5.41, 5.74) is -0.741. The molecule has 1 aromatic rings. The van der Waals surface area contributed by atoms with Crippen LogP contribution >= 0.6 is 11.6 Å². The van der Waals surface area contributed by atoms with Crippen molar-refractivity contribution < 1.29 is 18.0 Å². The first-order valence-electron chi connectivity index (χ1n) is 7.01. The summed E-state index contributed by atoms with van der Waals surface area (Å²) in [5, 5.41) is 2.53. The Morgan fingerprint density at radius 2 is 1.71 bits per heavy atom. The van der Waals surface area contributed by atoms with Crippen molar-refractivity contribution in [1.82, 2.24) is 5.32 Å². The van der Waals surface area contributed by atoms with Gasteiger partial charge in [-0.15, -0.1) is 11.6 Å². The van der Waals surface area contributed by atoms with Crippen molar-refractivity contribution >= 4 is 17.5 Å². The van der Waals surface area contributed by atoms with Crippen molar-refractivity contribution in [1.29, 1.82) is 0 Å². The Bertz CT molecular complexity index is 501. The summed E-state index contributed by atoms with van der Waals surface area (Å²) >= 11 is 5.90. The molecule has 0 bridgehead atoms. The molecule has 0 radical (unpaired) electrons. The van der Waals surface area contributed by atoms with Crippen LogP contribution in [-0.4, -0.2) is 18.3 Å². The van der Waals surface area contributed by atoms with Crippen LogP contribution in [0.25, 0.3) is 0 Å². The Morgan fingerprint density at radius 3 is 2.29 bits per heavy atom. The zero-order valence-corrected chi connectivity index (χ0v) is 12.2. The number of alkyl halides is 1. The molecule has 1 aromatic carbocycles. The molecule has 6 heteroatoms. The molecule has 0 aromatic heterocycles. The maximum absolute atomic E-state index is 13.5. The minimum atomic E-state index is -1.19. The van der Waals surface area contributed by atoms with Gasteiger partial charge in [-0.05, 0) is 24.7 Å². The monoisotopic (exact) mass is 319 g/mol. The summed E-state index contributed by atoms with van der Waals surface area (Å²) in [6.07, 6.45) is 4.12. The molecule has 1 aliphatic carbocycles. The van der Waals surface area contributed by atoms with Crippen molar-refractivity contribution in [3.8, 4) is 0 Å². The van der Waals surface area contributed by atoms with Gasteiger partial charge in [-0.25, -0.2) is 13.2 Å². The standard InChI is InChI=1S/C15H17ClF3NO/c16-7-9-3-1-2-4-10(9)8-20-15(21)14-12(18)5-11(17)6-13(14)19/h5-6,9-10H,1-4,7-8H2,(H,20,21). The first-order chi connectivity index (χ1) is 10.0. The van der Waals surface area contributed by atoms with Crippen LogP contribution in [0.4, 0.5) is 13.2 Å². The molecule has 1 amide bonds. The smallest absolute Gasteiger partial charge is 0.257 e. The van der Waals surface area contributed by atoms with Gasteiger partial charge in [0.25, 0.3) is 5.91 Å². The first kappa shape index (κ1) is 16.1. The lowest BCUT2D eigenvalue weighted by molar-refractivity contribution is 0.0928. The number of hydrogen-bond acceptors (Lipinski definition) is 1. The highest BCUT2D eigenvalue weighted by atomic mass is 35.5. The van der Waals surface area contributed by atoms with E-state index < -0.39 is 28.9 Å². The fourth-order valence-electron chi connectivity index (χ4n) is 2.83. The fourth-order valence-corrected chi connectivity index (χ4v) is 3.23. The predicted octanol–water partition coefficient (Wildman–Crippen LogP) is 3.88. The summed E-state index contributed by atoms with van der Waals surface area (Å²) in [5.74, 6) is -3.25. The van der Waals surface area contributed by atoms with Crippen LogP contribution in [0, 0.1) is 29.3 Å². The third-order valence-corrected chi connectivity index (χ3v) is 4.42. The number of carbonyl (C=O) groups excluding carboxylic acids is 1. The summed E-state index contributed by atoms with van der Waals surface area (Å²) in [7, 11) is 0. The second-order valence-corrected chi connectivity index (χ2v) is 5.72. The normalized spacial score (nSPS) is 22.1. The Hall–Kier alpha value is -1.23. The maximum atomic E-state index is 13.5. The number of benzene rings is 1. The van der Waals surface area contributed by atoms with Crippen molar-refractivity contribution in [3.05, 3.63) is 35.1 Å². The van der Waals surface area contributed by atoms with Gasteiger partial charge in [0, 0.05) is 24.6 Å². The van der Waals surface area contributed by atoms with E-state index in [9.17, 15) is 18.0 Å². The molecule has 2 unspecified atom stereocenters. The summed E-state index contributed by atoms with van der Waals surface area (Å²) in [6, 6.07) is 1.00. The van der Waals surface area contributed by atoms with Gasteiger partial charge in [-0.3, -0.25) is 4.79 Å². The van der Waals surface area contributed by atoms with E-state index in [-0.39, 0.29) is 5.92 Å². The number of rotatable bonds is 4. The van der Waals surface area contributed by atoms with Gasteiger partial charge < -0.3 is 5.32 Å². The quantitative estimate of drug-likeness (QED) is 0.838. The molecule has 2 rings (SSSR count). The van der Waals surface area contributed by atoms with E-state index in [4.69, 9.17) is 11.6 Å². The molecule has 1 aliphatic rings. The molecular weight excluding hydrogens is 303 g/mol. The zero-order valence-electron chi connectivity index (χ0n) is 11.5. The van der Waals surface area contributed by atoms with Crippen LogP contribution in [0.2, 0.25) is 0 Å². The van der Waals surface area contributed by atoms with E-state index in [1.807, 2.05) is 0 Å². The molecule has 0 spiro atoms. The van der Waals surface area contributed by atoms with Gasteiger partial charge in [0.2, 0.25) is 0 Å². The second kappa shape index (κ2) is 7.16. The number of carbonyl (C=O) groups is 1. The third kappa shape index (κ3) is 3.90. The zero-order chi connectivity index (χ0) is 15.4. The van der Waals surface area contributed by atoms with E-state index in [2.05, 4.69) is 5.32 Å². The van der Waals surface area contributed by atoms with Crippen LogP contribution in [-0.2, 0) is 0 Å². The first-order valence-corrected chi connectivity index (χ1v) is 7.55. The number of hydrogen-bond donors (Lipinski definition) is 1. The Morgan fingerprint density at radius 1 is 1.14 bits per heavy atom. The Kier molecular flexibility index (Phi) is 5.51. The molecule has 2 atom stereocenters. The molecule has 21 heavy (non-hydrogen) atoms. The molecule has 2 nitrogen and oxygen atoms in total. The van der Waals surface area contributed by atoms with Gasteiger partial charge in [0.1, 0.15) is 23.0 Å². The maximum Gasteiger partial charge on any atom is 0.257 e. The molecule has 0 saturated heterocycles.